The van der Waals surface area contributed by atoms with E-state index >= 15 is 0 Å². The molecule has 0 bridgehead atoms. The third kappa shape index (κ3) is 5.28. The standard InChI is InChI=1S/C21H18Cl2N2O5S/c1-3-10-25(18-7-5-16(22)6-8-18)31(27,28)20-12-15(4-9-19(20)23)21(26)29-13-17-11-14(2)30-24-17/h3-9,11-12H,1,10,13H2,2H3. The first-order valence-corrected chi connectivity index (χ1v) is 11.2. The summed E-state index contributed by atoms with van der Waals surface area (Å²) in [6.07, 6.45) is 1.44. The van der Waals surface area contributed by atoms with E-state index in [1.807, 2.05) is 0 Å². The Kier molecular flexibility index (Phi) is 7.04. The Hall–Kier alpha value is -2.81. The van der Waals surface area contributed by atoms with Gasteiger partial charge in [-0.3, -0.25) is 4.31 Å². The molecule has 0 spiro atoms. The molecule has 0 N–H and O–H groups in total. The molecule has 7 nitrogen and oxygen atoms in total. The maximum absolute atomic E-state index is 13.4. The van der Waals surface area contributed by atoms with Crippen LogP contribution in [0.3, 0.4) is 0 Å². The first kappa shape index (κ1) is 22.9. The summed E-state index contributed by atoms with van der Waals surface area (Å²) in [4.78, 5) is 12.2. The van der Waals surface area contributed by atoms with Crippen molar-refractivity contribution in [3.63, 3.8) is 0 Å². The van der Waals surface area contributed by atoms with E-state index in [1.165, 1.54) is 24.3 Å². The smallest absolute Gasteiger partial charge is 0.338 e. The Bertz CT molecular complexity index is 1210. The van der Waals surface area contributed by atoms with E-state index in [1.54, 1.807) is 37.3 Å². The third-order valence-electron chi connectivity index (χ3n) is 4.17. The molecule has 0 aliphatic rings. The van der Waals surface area contributed by atoms with E-state index in [-0.39, 0.29) is 28.6 Å². The molecule has 1 aromatic heterocycles. The first-order valence-electron chi connectivity index (χ1n) is 9.00. The zero-order valence-electron chi connectivity index (χ0n) is 16.4. The van der Waals surface area contributed by atoms with Gasteiger partial charge in [-0.05, 0) is 49.4 Å². The topological polar surface area (TPSA) is 89.7 Å². The molecule has 0 fully saturated rings. The molecule has 0 atom stereocenters. The van der Waals surface area contributed by atoms with E-state index in [2.05, 4.69) is 11.7 Å². The number of benzene rings is 2. The van der Waals surface area contributed by atoms with Crippen molar-refractivity contribution in [1.29, 1.82) is 0 Å². The van der Waals surface area contributed by atoms with Crippen molar-refractivity contribution >= 4 is 44.9 Å². The molecule has 1 heterocycles. The van der Waals surface area contributed by atoms with Gasteiger partial charge in [0.15, 0.2) is 0 Å². The average molecular weight is 481 g/mol. The monoisotopic (exact) mass is 480 g/mol. The Morgan fingerprint density at radius 3 is 2.52 bits per heavy atom. The van der Waals surface area contributed by atoms with E-state index in [0.717, 1.165) is 4.31 Å². The van der Waals surface area contributed by atoms with Crippen LogP contribution in [0.25, 0.3) is 0 Å². The van der Waals surface area contributed by atoms with Crippen LogP contribution in [-0.4, -0.2) is 26.1 Å². The average Bonchev–Trinajstić information content (AvgIpc) is 3.16. The summed E-state index contributed by atoms with van der Waals surface area (Å²) in [5, 5.41) is 4.17. The van der Waals surface area contributed by atoms with Gasteiger partial charge in [0.25, 0.3) is 10.0 Å². The molecule has 3 aromatic rings. The van der Waals surface area contributed by atoms with Gasteiger partial charge in [-0.15, -0.1) is 6.58 Å². The molecule has 3 rings (SSSR count). The van der Waals surface area contributed by atoms with Gasteiger partial charge in [0.2, 0.25) is 0 Å². The van der Waals surface area contributed by atoms with E-state index in [9.17, 15) is 13.2 Å². The minimum Gasteiger partial charge on any atom is -0.455 e. The molecule has 0 saturated heterocycles. The van der Waals surface area contributed by atoms with E-state index in [0.29, 0.717) is 22.2 Å². The highest BCUT2D eigenvalue weighted by atomic mass is 35.5. The second kappa shape index (κ2) is 9.55. The van der Waals surface area contributed by atoms with Crippen molar-refractivity contribution < 1.29 is 22.5 Å². The number of nitrogens with zero attached hydrogens (tertiary/aromatic N) is 2. The molecular formula is C21H18Cl2N2O5S. The number of aryl methyl sites for hydroxylation is 1. The van der Waals surface area contributed by atoms with Crippen LogP contribution in [0.15, 0.2) is 70.6 Å². The third-order valence-corrected chi connectivity index (χ3v) is 6.70. The molecule has 0 aliphatic heterocycles. The van der Waals surface area contributed by atoms with Crippen molar-refractivity contribution in [1.82, 2.24) is 5.16 Å². The van der Waals surface area contributed by atoms with Crippen LogP contribution in [-0.2, 0) is 21.4 Å². The highest BCUT2D eigenvalue weighted by Crippen LogP contribution is 2.30. The van der Waals surface area contributed by atoms with Crippen molar-refractivity contribution in [2.24, 2.45) is 0 Å². The van der Waals surface area contributed by atoms with Gasteiger partial charge in [0.05, 0.1) is 22.8 Å². The lowest BCUT2D eigenvalue weighted by Gasteiger charge is -2.24. The molecule has 31 heavy (non-hydrogen) atoms. The van der Waals surface area contributed by atoms with Gasteiger partial charge in [-0.25, -0.2) is 13.2 Å². The Balaban J connectivity index is 1.91. The fourth-order valence-corrected chi connectivity index (χ4v) is 4.79. The van der Waals surface area contributed by atoms with Crippen LogP contribution in [0.2, 0.25) is 10.0 Å². The summed E-state index contributed by atoms with van der Waals surface area (Å²) in [6, 6.07) is 11.8. The molecule has 10 heteroatoms. The summed E-state index contributed by atoms with van der Waals surface area (Å²) in [5.41, 5.74) is 0.833. The van der Waals surface area contributed by atoms with Crippen LogP contribution in [0.4, 0.5) is 5.69 Å². The van der Waals surface area contributed by atoms with Crippen LogP contribution >= 0.6 is 23.2 Å². The SMILES string of the molecule is C=CCN(c1ccc(Cl)cc1)S(=O)(=O)c1cc(C(=O)OCc2cc(C)on2)ccc1Cl. The number of hydrogen-bond acceptors (Lipinski definition) is 6. The molecule has 2 aromatic carbocycles. The fourth-order valence-electron chi connectivity index (χ4n) is 2.72. The number of halogens is 2. The van der Waals surface area contributed by atoms with Crippen LogP contribution in [0.1, 0.15) is 21.8 Å². The zero-order valence-corrected chi connectivity index (χ0v) is 18.7. The second-order valence-corrected chi connectivity index (χ2v) is 9.13. The zero-order chi connectivity index (χ0) is 22.6. The predicted molar refractivity (Wildman–Crippen MR) is 118 cm³/mol. The molecule has 0 unspecified atom stereocenters. The lowest BCUT2D eigenvalue weighted by atomic mass is 10.2. The highest BCUT2D eigenvalue weighted by Gasteiger charge is 2.28. The number of aromatic nitrogens is 1. The number of hydrogen-bond donors (Lipinski definition) is 0. The molecule has 162 valence electrons. The highest BCUT2D eigenvalue weighted by molar-refractivity contribution is 7.93. The molecule has 0 radical (unpaired) electrons. The predicted octanol–water partition coefficient (Wildman–Crippen LogP) is 5.03. The van der Waals surface area contributed by atoms with Crippen molar-refractivity contribution in [2.75, 3.05) is 10.8 Å². The molecule has 0 saturated carbocycles. The maximum atomic E-state index is 13.4. The van der Waals surface area contributed by atoms with Gasteiger partial charge in [0, 0.05) is 11.1 Å². The van der Waals surface area contributed by atoms with Crippen molar-refractivity contribution in [3.8, 4) is 0 Å². The van der Waals surface area contributed by atoms with E-state index in [4.69, 9.17) is 32.5 Å². The minimum absolute atomic E-state index is 0.0134. The summed E-state index contributed by atoms with van der Waals surface area (Å²) >= 11 is 12.1. The number of anilines is 1. The van der Waals surface area contributed by atoms with Crippen LogP contribution in [0.5, 0.6) is 0 Å². The number of sulfonamides is 1. The first-order chi connectivity index (χ1) is 14.7. The van der Waals surface area contributed by atoms with Gasteiger partial charge >= 0.3 is 5.97 Å². The number of ether oxygens (including phenoxy) is 1. The normalized spacial score (nSPS) is 11.2. The lowest BCUT2D eigenvalue weighted by Crippen LogP contribution is -2.31. The summed E-state index contributed by atoms with van der Waals surface area (Å²) in [5.74, 6) is -0.147. The van der Waals surface area contributed by atoms with E-state index < -0.39 is 16.0 Å². The van der Waals surface area contributed by atoms with Gasteiger partial charge in [0.1, 0.15) is 23.0 Å². The molecule has 0 aliphatic carbocycles. The fraction of sp³-hybridized carbons (Fsp3) is 0.143. The second-order valence-electron chi connectivity index (χ2n) is 6.45. The molecule has 0 amide bonds. The van der Waals surface area contributed by atoms with Crippen LogP contribution in [0, 0.1) is 6.92 Å². The van der Waals surface area contributed by atoms with Crippen molar-refractivity contribution in [3.05, 3.63) is 88.2 Å². The van der Waals surface area contributed by atoms with Gasteiger partial charge in [-0.1, -0.05) is 34.4 Å². The van der Waals surface area contributed by atoms with Gasteiger partial charge < -0.3 is 9.26 Å². The minimum atomic E-state index is -4.13. The Morgan fingerprint density at radius 1 is 1.19 bits per heavy atom. The van der Waals surface area contributed by atoms with Crippen LogP contribution < -0.4 is 4.31 Å². The maximum Gasteiger partial charge on any atom is 0.338 e. The quantitative estimate of drug-likeness (QED) is 0.331. The van der Waals surface area contributed by atoms with Gasteiger partial charge in [-0.2, -0.15) is 0 Å². The Labute approximate surface area is 189 Å². The van der Waals surface area contributed by atoms with Crippen molar-refractivity contribution in [2.45, 2.75) is 18.4 Å². The summed E-state index contributed by atoms with van der Waals surface area (Å²) in [6.45, 7) is 5.20. The largest absolute Gasteiger partial charge is 0.455 e. The lowest BCUT2D eigenvalue weighted by molar-refractivity contribution is 0.0464. The molecular weight excluding hydrogens is 463 g/mol. The summed E-state index contributed by atoms with van der Waals surface area (Å²) in [7, 11) is -4.13. The number of rotatable bonds is 8. The number of carbonyl (C=O) groups excluding carboxylic acids is 1. The number of esters is 1. The number of carbonyl (C=O) groups is 1. The summed E-state index contributed by atoms with van der Waals surface area (Å²) < 4.78 is 38.0. The Morgan fingerprint density at radius 2 is 1.90 bits per heavy atom.